The lowest BCUT2D eigenvalue weighted by Crippen LogP contribution is -2.39. The number of ether oxygens (including phenoxy) is 1. The van der Waals surface area contributed by atoms with E-state index in [4.69, 9.17) is 4.74 Å². The lowest BCUT2D eigenvalue weighted by atomic mass is 10.2. The molecule has 2 unspecified atom stereocenters. The summed E-state index contributed by atoms with van der Waals surface area (Å²) in [5.74, 6) is -0.283. The molecule has 0 saturated heterocycles. The molecule has 0 aliphatic heterocycles. The maximum atomic E-state index is 13.0. The highest BCUT2D eigenvalue weighted by Gasteiger charge is 2.19. The van der Waals surface area contributed by atoms with E-state index in [-0.39, 0.29) is 5.91 Å². The number of amides is 1. The minimum atomic E-state index is -0.694. The predicted molar refractivity (Wildman–Crippen MR) is 70.4 cm³/mol. The van der Waals surface area contributed by atoms with Gasteiger partial charge in [-0.05, 0) is 32.4 Å². The molecule has 2 atom stereocenters. The summed E-state index contributed by atoms with van der Waals surface area (Å²) in [7, 11) is 1.65. The third-order valence-corrected chi connectivity index (χ3v) is 2.72. The Kier molecular flexibility index (Phi) is 5.76. The maximum absolute atomic E-state index is 13.0. The van der Waals surface area contributed by atoms with Gasteiger partial charge >= 0.3 is 0 Å². The number of likely N-dealkylation sites (N-methyl/N-ethyl adjacent to an activating group) is 1. The lowest BCUT2D eigenvalue weighted by molar-refractivity contribution is -0.136. The Bertz CT molecular complexity index is 423. The number of aliphatic hydroxyl groups is 1. The van der Waals surface area contributed by atoms with Crippen molar-refractivity contribution in [2.45, 2.75) is 32.5 Å². The van der Waals surface area contributed by atoms with Crippen molar-refractivity contribution in [1.29, 1.82) is 0 Å². The SMILES string of the molecule is CC(O)CCN(C)C(=O)C(C)Oc1cccc(F)c1. The Hall–Kier alpha value is -1.62. The van der Waals surface area contributed by atoms with Crippen molar-refractivity contribution in [3.8, 4) is 5.75 Å². The van der Waals surface area contributed by atoms with Crippen LogP contribution in [0, 0.1) is 5.82 Å². The van der Waals surface area contributed by atoms with Gasteiger partial charge < -0.3 is 14.7 Å². The first-order valence-electron chi connectivity index (χ1n) is 6.25. The van der Waals surface area contributed by atoms with E-state index < -0.39 is 18.0 Å². The molecule has 0 radical (unpaired) electrons. The highest BCUT2D eigenvalue weighted by atomic mass is 19.1. The van der Waals surface area contributed by atoms with E-state index in [0.717, 1.165) is 0 Å². The van der Waals surface area contributed by atoms with Gasteiger partial charge in [0.1, 0.15) is 11.6 Å². The molecule has 0 spiro atoms. The Morgan fingerprint density at radius 3 is 2.74 bits per heavy atom. The molecule has 0 saturated carbocycles. The monoisotopic (exact) mass is 269 g/mol. The number of rotatable bonds is 6. The van der Waals surface area contributed by atoms with Gasteiger partial charge in [0.2, 0.25) is 0 Å². The van der Waals surface area contributed by atoms with Gasteiger partial charge in [0.05, 0.1) is 6.10 Å². The molecule has 1 amide bonds. The van der Waals surface area contributed by atoms with Crippen molar-refractivity contribution in [3.05, 3.63) is 30.1 Å². The van der Waals surface area contributed by atoms with Gasteiger partial charge in [0.25, 0.3) is 5.91 Å². The van der Waals surface area contributed by atoms with Crippen molar-refractivity contribution in [1.82, 2.24) is 4.90 Å². The number of halogens is 1. The van der Waals surface area contributed by atoms with Crippen molar-refractivity contribution >= 4 is 5.91 Å². The zero-order valence-electron chi connectivity index (χ0n) is 11.5. The van der Waals surface area contributed by atoms with Crippen LogP contribution in [0.15, 0.2) is 24.3 Å². The number of carbonyl (C=O) groups is 1. The molecule has 1 rings (SSSR count). The summed E-state index contributed by atoms with van der Waals surface area (Å²) >= 11 is 0. The van der Waals surface area contributed by atoms with E-state index in [1.165, 1.54) is 23.1 Å². The Morgan fingerprint density at radius 2 is 2.16 bits per heavy atom. The van der Waals surface area contributed by atoms with Crippen LogP contribution in [0.4, 0.5) is 4.39 Å². The highest BCUT2D eigenvalue weighted by Crippen LogP contribution is 2.14. The number of nitrogens with zero attached hydrogens (tertiary/aromatic N) is 1. The first kappa shape index (κ1) is 15.4. The highest BCUT2D eigenvalue weighted by molar-refractivity contribution is 5.80. The predicted octanol–water partition coefficient (Wildman–Crippen LogP) is 1.82. The first-order valence-corrected chi connectivity index (χ1v) is 6.25. The van der Waals surface area contributed by atoms with Gasteiger partial charge in [-0.15, -0.1) is 0 Å². The molecule has 4 nitrogen and oxygen atoms in total. The van der Waals surface area contributed by atoms with E-state index in [9.17, 15) is 14.3 Å². The minimum absolute atomic E-state index is 0.204. The molecule has 0 aromatic heterocycles. The third-order valence-electron chi connectivity index (χ3n) is 2.72. The van der Waals surface area contributed by atoms with E-state index in [2.05, 4.69) is 0 Å². The number of hydrogen-bond donors (Lipinski definition) is 1. The average Bonchev–Trinajstić information content (AvgIpc) is 2.34. The molecular weight excluding hydrogens is 249 g/mol. The molecule has 1 N–H and O–H groups in total. The van der Waals surface area contributed by atoms with Crippen molar-refractivity contribution in [2.75, 3.05) is 13.6 Å². The quantitative estimate of drug-likeness (QED) is 0.857. The Labute approximate surface area is 112 Å². The van der Waals surface area contributed by atoms with Crippen LogP contribution in [0.25, 0.3) is 0 Å². The number of hydrogen-bond acceptors (Lipinski definition) is 3. The van der Waals surface area contributed by atoms with Gasteiger partial charge in [-0.25, -0.2) is 4.39 Å². The fraction of sp³-hybridized carbons (Fsp3) is 0.500. The summed E-state index contributed by atoms with van der Waals surface area (Å²) in [6.45, 7) is 3.74. The topological polar surface area (TPSA) is 49.8 Å². The van der Waals surface area contributed by atoms with Crippen molar-refractivity contribution in [2.24, 2.45) is 0 Å². The molecule has 5 heteroatoms. The van der Waals surface area contributed by atoms with Crippen LogP contribution in [-0.2, 0) is 4.79 Å². The van der Waals surface area contributed by atoms with Crippen LogP contribution < -0.4 is 4.74 Å². The van der Waals surface area contributed by atoms with Crippen LogP contribution in [0.2, 0.25) is 0 Å². The number of aliphatic hydroxyl groups excluding tert-OH is 1. The fourth-order valence-electron chi connectivity index (χ4n) is 1.60. The van der Waals surface area contributed by atoms with E-state index in [1.807, 2.05) is 0 Å². The zero-order chi connectivity index (χ0) is 14.4. The molecule has 1 aromatic carbocycles. The molecule has 0 aliphatic carbocycles. The van der Waals surface area contributed by atoms with Gasteiger partial charge in [-0.1, -0.05) is 6.07 Å². The number of benzene rings is 1. The van der Waals surface area contributed by atoms with E-state index in [0.29, 0.717) is 18.7 Å². The summed E-state index contributed by atoms with van der Waals surface area (Å²) in [5, 5.41) is 9.18. The number of carbonyl (C=O) groups excluding carboxylic acids is 1. The third kappa shape index (κ3) is 5.26. The van der Waals surface area contributed by atoms with Gasteiger partial charge in [0, 0.05) is 19.7 Å². The molecule has 0 aliphatic rings. The second kappa shape index (κ2) is 7.09. The van der Waals surface area contributed by atoms with Crippen LogP contribution in [0.1, 0.15) is 20.3 Å². The fourth-order valence-corrected chi connectivity index (χ4v) is 1.60. The van der Waals surface area contributed by atoms with Crippen molar-refractivity contribution in [3.63, 3.8) is 0 Å². The van der Waals surface area contributed by atoms with Crippen molar-refractivity contribution < 1.29 is 19.0 Å². The van der Waals surface area contributed by atoms with E-state index in [1.54, 1.807) is 27.0 Å². The molecule has 0 fully saturated rings. The second-order valence-corrected chi connectivity index (χ2v) is 4.61. The lowest BCUT2D eigenvalue weighted by Gasteiger charge is -2.22. The molecule has 0 heterocycles. The average molecular weight is 269 g/mol. The summed E-state index contributed by atoms with van der Waals surface area (Å²) in [5.41, 5.74) is 0. The summed E-state index contributed by atoms with van der Waals surface area (Å²) < 4.78 is 18.4. The van der Waals surface area contributed by atoms with Crippen LogP contribution >= 0.6 is 0 Å². The Morgan fingerprint density at radius 1 is 1.47 bits per heavy atom. The normalized spacial score (nSPS) is 13.7. The molecule has 1 aromatic rings. The zero-order valence-corrected chi connectivity index (χ0v) is 11.5. The van der Waals surface area contributed by atoms with Gasteiger partial charge in [-0.2, -0.15) is 0 Å². The van der Waals surface area contributed by atoms with Gasteiger partial charge in [-0.3, -0.25) is 4.79 Å². The van der Waals surface area contributed by atoms with Crippen LogP contribution in [0.5, 0.6) is 5.75 Å². The molecular formula is C14H20FNO3. The standard InChI is InChI=1S/C14H20FNO3/c1-10(17)7-8-16(3)14(18)11(2)19-13-6-4-5-12(15)9-13/h4-6,9-11,17H,7-8H2,1-3H3. The molecule has 19 heavy (non-hydrogen) atoms. The van der Waals surface area contributed by atoms with Crippen LogP contribution in [0.3, 0.4) is 0 Å². The van der Waals surface area contributed by atoms with Gasteiger partial charge in [0.15, 0.2) is 6.10 Å². The van der Waals surface area contributed by atoms with Crippen LogP contribution in [-0.4, -0.2) is 41.7 Å². The molecule has 106 valence electrons. The minimum Gasteiger partial charge on any atom is -0.481 e. The summed E-state index contributed by atoms with van der Waals surface area (Å²) in [6.07, 6.45) is -0.634. The maximum Gasteiger partial charge on any atom is 0.263 e. The smallest absolute Gasteiger partial charge is 0.263 e. The first-order chi connectivity index (χ1) is 8.90. The largest absolute Gasteiger partial charge is 0.481 e. The summed E-state index contributed by atoms with van der Waals surface area (Å²) in [6, 6.07) is 5.68. The van der Waals surface area contributed by atoms with E-state index >= 15 is 0 Å². The Balaban J connectivity index is 2.52. The molecule has 0 bridgehead atoms. The summed E-state index contributed by atoms with van der Waals surface area (Å²) in [4.78, 5) is 13.5. The second-order valence-electron chi connectivity index (χ2n) is 4.61.